The number of methoxy groups -OCH3 is 1. The largest absolute Gasteiger partial charge is 0.383 e. The lowest BCUT2D eigenvalue weighted by molar-refractivity contribution is 0.0557. The van der Waals surface area contributed by atoms with E-state index in [-0.39, 0.29) is 0 Å². The van der Waals surface area contributed by atoms with Gasteiger partial charge in [-0.15, -0.1) is 0 Å². The van der Waals surface area contributed by atoms with Gasteiger partial charge in [0, 0.05) is 46.0 Å². The zero-order chi connectivity index (χ0) is 12.5. The van der Waals surface area contributed by atoms with Gasteiger partial charge in [0.05, 0.1) is 6.61 Å². The summed E-state index contributed by atoms with van der Waals surface area (Å²) in [6, 6.07) is 0.441. The van der Waals surface area contributed by atoms with Crippen molar-refractivity contribution in [2.45, 2.75) is 25.8 Å². The van der Waals surface area contributed by atoms with Gasteiger partial charge >= 0.3 is 0 Å². The Balaban J connectivity index is 2.02. The lowest BCUT2D eigenvalue weighted by Gasteiger charge is -2.27. The van der Waals surface area contributed by atoms with Crippen LogP contribution in [0.4, 0.5) is 0 Å². The van der Waals surface area contributed by atoms with Crippen LogP contribution in [0.3, 0.4) is 0 Å². The van der Waals surface area contributed by atoms with E-state index in [1.165, 1.54) is 19.4 Å². The summed E-state index contributed by atoms with van der Waals surface area (Å²) in [5.74, 6) is 0.824. The lowest BCUT2D eigenvalue weighted by Crippen LogP contribution is -2.38. The van der Waals surface area contributed by atoms with E-state index >= 15 is 0 Å². The average Bonchev–Trinajstić information content (AvgIpc) is 2.30. The first-order valence-corrected chi connectivity index (χ1v) is 6.71. The highest BCUT2D eigenvalue weighted by molar-refractivity contribution is 4.68. The normalized spacial score (nSPS) is 19.8. The van der Waals surface area contributed by atoms with E-state index in [1.807, 2.05) is 0 Å². The van der Waals surface area contributed by atoms with Crippen molar-refractivity contribution in [2.24, 2.45) is 5.92 Å². The zero-order valence-corrected chi connectivity index (χ0v) is 11.6. The predicted molar refractivity (Wildman–Crippen MR) is 70.4 cm³/mol. The molecule has 1 N–H and O–H groups in total. The molecule has 0 spiro atoms. The molecule has 1 saturated heterocycles. The molecule has 1 atom stereocenters. The summed E-state index contributed by atoms with van der Waals surface area (Å²) in [5, 5.41) is 3.46. The number of rotatable bonds is 8. The molecular weight excluding hydrogens is 216 g/mol. The summed E-state index contributed by atoms with van der Waals surface area (Å²) in [6.07, 6.45) is 2.44. The Morgan fingerprint density at radius 2 is 2.12 bits per heavy atom. The Morgan fingerprint density at radius 3 is 2.76 bits per heavy atom. The Morgan fingerprint density at radius 1 is 1.41 bits per heavy atom. The minimum Gasteiger partial charge on any atom is -0.383 e. The maximum Gasteiger partial charge on any atom is 0.0613 e. The fourth-order valence-electron chi connectivity index (χ4n) is 2.27. The van der Waals surface area contributed by atoms with Gasteiger partial charge in [0.15, 0.2) is 0 Å². The van der Waals surface area contributed by atoms with Crippen molar-refractivity contribution in [3.8, 4) is 0 Å². The third-order valence-electron chi connectivity index (χ3n) is 3.31. The van der Waals surface area contributed by atoms with Crippen molar-refractivity contribution < 1.29 is 9.47 Å². The molecule has 0 bridgehead atoms. The number of hydrogen-bond donors (Lipinski definition) is 1. The molecule has 1 aliphatic heterocycles. The molecule has 1 heterocycles. The Bertz CT molecular complexity index is 184. The Kier molecular flexibility index (Phi) is 7.77. The molecule has 0 aliphatic carbocycles. The van der Waals surface area contributed by atoms with Gasteiger partial charge in [-0.1, -0.05) is 0 Å². The predicted octanol–water partition coefficient (Wildman–Crippen LogP) is 0.969. The molecule has 1 aliphatic rings. The highest BCUT2D eigenvalue weighted by atomic mass is 16.5. The van der Waals surface area contributed by atoms with Gasteiger partial charge in [-0.25, -0.2) is 0 Å². The SMILES string of the molecule is COCC(C)NCCN(C)CC1CCOCC1. The molecule has 0 amide bonds. The van der Waals surface area contributed by atoms with E-state index in [1.54, 1.807) is 7.11 Å². The van der Waals surface area contributed by atoms with Crippen LogP contribution in [0.2, 0.25) is 0 Å². The highest BCUT2D eigenvalue weighted by Gasteiger charge is 2.15. The molecule has 4 heteroatoms. The van der Waals surface area contributed by atoms with E-state index in [9.17, 15) is 0 Å². The number of hydrogen-bond acceptors (Lipinski definition) is 4. The number of likely N-dealkylation sites (N-methyl/N-ethyl adjacent to an activating group) is 1. The second-order valence-corrected chi connectivity index (χ2v) is 5.13. The van der Waals surface area contributed by atoms with Crippen molar-refractivity contribution in [2.75, 3.05) is 53.6 Å². The molecule has 0 saturated carbocycles. The highest BCUT2D eigenvalue weighted by Crippen LogP contribution is 2.15. The number of nitrogens with zero attached hydrogens (tertiary/aromatic N) is 1. The fraction of sp³-hybridized carbons (Fsp3) is 1.00. The summed E-state index contributed by atoms with van der Waals surface area (Å²) >= 11 is 0. The van der Waals surface area contributed by atoms with E-state index < -0.39 is 0 Å². The first-order valence-electron chi connectivity index (χ1n) is 6.71. The van der Waals surface area contributed by atoms with Gasteiger partial charge in [-0.05, 0) is 32.7 Å². The third-order valence-corrected chi connectivity index (χ3v) is 3.31. The molecule has 17 heavy (non-hydrogen) atoms. The van der Waals surface area contributed by atoms with Crippen LogP contribution in [-0.4, -0.2) is 64.6 Å². The summed E-state index contributed by atoms with van der Waals surface area (Å²) in [4.78, 5) is 2.42. The third kappa shape index (κ3) is 6.99. The monoisotopic (exact) mass is 244 g/mol. The van der Waals surface area contributed by atoms with Crippen molar-refractivity contribution >= 4 is 0 Å². The topological polar surface area (TPSA) is 33.7 Å². The molecular formula is C13H28N2O2. The Labute approximate surface area is 106 Å². The number of nitrogens with one attached hydrogen (secondary N) is 1. The van der Waals surface area contributed by atoms with Crippen LogP contribution in [0.1, 0.15) is 19.8 Å². The molecule has 4 nitrogen and oxygen atoms in total. The van der Waals surface area contributed by atoms with E-state index in [2.05, 4.69) is 24.2 Å². The summed E-state index contributed by atoms with van der Waals surface area (Å²) in [7, 11) is 3.95. The van der Waals surface area contributed by atoms with Crippen LogP contribution >= 0.6 is 0 Å². The first-order chi connectivity index (χ1) is 8.22. The van der Waals surface area contributed by atoms with Gasteiger partial charge in [0.2, 0.25) is 0 Å². The first kappa shape index (κ1) is 14.9. The van der Waals surface area contributed by atoms with Gasteiger partial charge in [0.1, 0.15) is 0 Å². The maximum atomic E-state index is 5.38. The molecule has 1 unspecified atom stereocenters. The molecule has 0 aromatic rings. The fourth-order valence-corrected chi connectivity index (χ4v) is 2.27. The van der Waals surface area contributed by atoms with Crippen LogP contribution in [0, 0.1) is 5.92 Å². The molecule has 0 radical (unpaired) electrons. The molecule has 0 aromatic heterocycles. The van der Waals surface area contributed by atoms with Crippen molar-refractivity contribution in [3.63, 3.8) is 0 Å². The Hall–Kier alpha value is -0.160. The van der Waals surface area contributed by atoms with Gasteiger partial charge < -0.3 is 19.7 Å². The number of ether oxygens (including phenoxy) is 2. The second-order valence-electron chi connectivity index (χ2n) is 5.13. The average molecular weight is 244 g/mol. The van der Waals surface area contributed by atoms with Crippen molar-refractivity contribution in [1.29, 1.82) is 0 Å². The van der Waals surface area contributed by atoms with Gasteiger partial charge in [-0.2, -0.15) is 0 Å². The molecule has 102 valence electrons. The van der Waals surface area contributed by atoms with E-state index in [0.717, 1.165) is 38.8 Å². The summed E-state index contributed by atoms with van der Waals surface area (Å²) in [6.45, 7) is 8.16. The minimum absolute atomic E-state index is 0.441. The standard InChI is InChI=1S/C13H28N2O2/c1-12(11-16-3)14-6-7-15(2)10-13-4-8-17-9-5-13/h12-14H,4-11H2,1-3H3. The molecule has 0 aromatic carbocycles. The van der Waals surface area contributed by atoms with E-state index in [0.29, 0.717) is 6.04 Å². The van der Waals surface area contributed by atoms with E-state index in [4.69, 9.17) is 9.47 Å². The zero-order valence-electron chi connectivity index (χ0n) is 11.6. The summed E-state index contributed by atoms with van der Waals surface area (Å²) < 4.78 is 10.5. The second kappa shape index (κ2) is 8.86. The smallest absolute Gasteiger partial charge is 0.0613 e. The summed E-state index contributed by atoms with van der Waals surface area (Å²) in [5.41, 5.74) is 0. The maximum absolute atomic E-state index is 5.38. The quantitative estimate of drug-likeness (QED) is 0.690. The van der Waals surface area contributed by atoms with Crippen LogP contribution in [0.5, 0.6) is 0 Å². The van der Waals surface area contributed by atoms with Crippen molar-refractivity contribution in [1.82, 2.24) is 10.2 Å². The minimum atomic E-state index is 0.441. The van der Waals surface area contributed by atoms with Crippen LogP contribution in [0.25, 0.3) is 0 Å². The molecule has 1 fully saturated rings. The van der Waals surface area contributed by atoms with Gasteiger partial charge in [0.25, 0.3) is 0 Å². The van der Waals surface area contributed by atoms with Crippen LogP contribution < -0.4 is 5.32 Å². The van der Waals surface area contributed by atoms with Crippen molar-refractivity contribution in [3.05, 3.63) is 0 Å². The molecule has 1 rings (SSSR count). The lowest BCUT2D eigenvalue weighted by atomic mass is 10.00. The van der Waals surface area contributed by atoms with Crippen LogP contribution in [0.15, 0.2) is 0 Å². The van der Waals surface area contributed by atoms with Crippen LogP contribution in [-0.2, 0) is 9.47 Å². The van der Waals surface area contributed by atoms with Gasteiger partial charge in [-0.3, -0.25) is 0 Å².